The number of pyridine rings is 1. The largest absolute Gasteiger partial charge is 0.353 e. The van der Waals surface area contributed by atoms with Crippen molar-refractivity contribution >= 4 is 17.2 Å². The van der Waals surface area contributed by atoms with E-state index in [-0.39, 0.29) is 11.9 Å². The molecule has 7 heteroatoms. The fourth-order valence-electron chi connectivity index (χ4n) is 3.74. The lowest BCUT2D eigenvalue weighted by Crippen LogP contribution is -2.37. The lowest BCUT2D eigenvalue weighted by atomic mass is 10.1. The lowest BCUT2D eigenvalue weighted by Gasteiger charge is -2.18. The van der Waals surface area contributed by atoms with Crippen molar-refractivity contribution in [1.82, 2.24) is 24.9 Å². The molecular formula is C22H20N6O. The van der Waals surface area contributed by atoms with Gasteiger partial charge in [-0.2, -0.15) is 5.10 Å². The summed E-state index contributed by atoms with van der Waals surface area (Å²) in [6, 6.07) is 15.8. The molecule has 144 valence electrons. The van der Waals surface area contributed by atoms with Gasteiger partial charge in [0.05, 0.1) is 11.3 Å². The predicted molar refractivity (Wildman–Crippen MR) is 111 cm³/mol. The molecule has 1 aliphatic heterocycles. The molecule has 7 nitrogen and oxygen atoms in total. The van der Waals surface area contributed by atoms with E-state index in [4.69, 9.17) is 5.10 Å². The molecule has 1 amide bonds. The van der Waals surface area contributed by atoms with Gasteiger partial charge in [0, 0.05) is 49.5 Å². The molecule has 1 N–H and O–H groups in total. The Morgan fingerprint density at radius 2 is 2.00 bits per heavy atom. The molecule has 1 unspecified atom stereocenters. The molecule has 0 aliphatic carbocycles. The van der Waals surface area contributed by atoms with Crippen molar-refractivity contribution in [2.45, 2.75) is 12.5 Å². The first-order chi connectivity index (χ1) is 14.3. The summed E-state index contributed by atoms with van der Waals surface area (Å²) in [5.74, 6) is 0.798. The molecule has 0 radical (unpaired) electrons. The van der Waals surface area contributed by atoms with Gasteiger partial charge in [-0.15, -0.1) is 0 Å². The molecule has 5 rings (SSSR count). The summed E-state index contributed by atoms with van der Waals surface area (Å²) < 4.78 is 1.87. The van der Waals surface area contributed by atoms with E-state index >= 15 is 0 Å². The summed E-state index contributed by atoms with van der Waals surface area (Å²) in [4.78, 5) is 23.2. The Hall–Kier alpha value is -3.74. The Balaban J connectivity index is 1.36. The average molecular weight is 384 g/mol. The number of amides is 1. The van der Waals surface area contributed by atoms with E-state index in [0.717, 1.165) is 35.6 Å². The highest BCUT2D eigenvalue weighted by Gasteiger charge is 2.27. The maximum atomic E-state index is 12.4. The smallest absolute Gasteiger partial charge is 0.253 e. The zero-order valence-corrected chi connectivity index (χ0v) is 15.8. The van der Waals surface area contributed by atoms with Crippen molar-refractivity contribution in [2.75, 3.05) is 18.0 Å². The minimum absolute atomic E-state index is 0.0706. The quantitative estimate of drug-likeness (QED) is 0.586. The molecule has 1 saturated heterocycles. The monoisotopic (exact) mass is 384 g/mol. The van der Waals surface area contributed by atoms with E-state index in [1.807, 2.05) is 28.9 Å². The van der Waals surface area contributed by atoms with Gasteiger partial charge in [-0.1, -0.05) is 30.3 Å². The summed E-state index contributed by atoms with van der Waals surface area (Å²) >= 11 is 0. The van der Waals surface area contributed by atoms with Crippen LogP contribution in [0.15, 0.2) is 73.3 Å². The molecule has 1 aliphatic rings. The number of nitrogens with one attached hydrogen (secondary N) is 1. The van der Waals surface area contributed by atoms with Gasteiger partial charge in [0.25, 0.3) is 5.91 Å². The second-order valence-electron chi connectivity index (χ2n) is 7.12. The standard InChI is InChI=1S/C22H20N6O/c29-22(17-7-4-9-23-14-17)25-18-8-11-27(15-18)21-20-13-19(16-5-2-1-3-6-16)26-28(20)12-10-24-21/h1-7,9-10,12-14,18H,8,11,15H2,(H,25,29). The first kappa shape index (κ1) is 17.4. The number of nitrogens with zero attached hydrogens (tertiary/aromatic N) is 5. The molecule has 4 heterocycles. The fraction of sp³-hybridized carbons (Fsp3) is 0.182. The molecule has 0 spiro atoms. The van der Waals surface area contributed by atoms with Crippen LogP contribution in [0.3, 0.4) is 0 Å². The van der Waals surface area contributed by atoms with Crippen molar-refractivity contribution in [1.29, 1.82) is 0 Å². The Morgan fingerprint density at radius 1 is 1.10 bits per heavy atom. The van der Waals surface area contributed by atoms with E-state index in [1.54, 1.807) is 30.7 Å². The molecule has 1 atom stereocenters. The zero-order valence-electron chi connectivity index (χ0n) is 15.8. The number of hydrogen-bond acceptors (Lipinski definition) is 5. The van der Waals surface area contributed by atoms with Crippen molar-refractivity contribution < 1.29 is 4.79 Å². The van der Waals surface area contributed by atoms with E-state index in [9.17, 15) is 4.79 Å². The number of carbonyl (C=O) groups excluding carboxylic acids is 1. The maximum absolute atomic E-state index is 12.4. The number of benzene rings is 1. The SMILES string of the molecule is O=C(NC1CCN(c2nccn3nc(-c4ccccc4)cc23)C1)c1cccnc1. The summed E-state index contributed by atoms with van der Waals surface area (Å²) in [6.45, 7) is 1.54. The van der Waals surface area contributed by atoms with Crippen LogP contribution in [0.4, 0.5) is 5.82 Å². The molecule has 0 saturated carbocycles. The highest BCUT2D eigenvalue weighted by atomic mass is 16.1. The summed E-state index contributed by atoms with van der Waals surface area (Å²) in [5, 5.41) is 7.80. The third-order valence-corrected chi connectivity index (χ3v) is 5.19. The summed E-state index contributed by atoms with van der Waals surface area (Å²) in [7, 11) is 0. The van der Waals surface area contributed by atoms with Crippen LogP contribution >= 0.6 is 0 Å². The number of rotatable bonds is 4. The Morgan fingerprint density at radius 3 is 2.83 bits per heavy atom. The van der Waals surface area contributed by atoms with Crippen LogP contribution in [-0.2, 0) is 0 Å². The number of hydrogen-bond donors (Lipinski definition) is 1. The molecule has 4 aromatic rings. The number of aromatic nitrogens is 4. The van der Waals surface area contributed by atoms with Crippen LogP contribution in [0.5, 0.6) is 0 Å². The third kappa shape index (κ3) is 3.42. The van der Waals surface area contributed by atoms with E-state index in [2.05, 4.69) is 38.4 Å². The topological polar surface area (TPSA) is 75.4 Å². The highest BCUT2D eigenvalue weighted by molar-refractivity contribution is 5.94. The first-order valence-corrected chi connectivity index (χ1v) is 9.63. The number of carbonyl (C=O) groups is 1. The minimum Gasteiger partial charge on any atom is -0.353 e. The van der Waals surface area contributed by atoms with Crippen LogP contribution in [0.1, 0.15) is 16.8 Å². The maximum Gasteiger partial charge on any atom is 0.253 e. The molecule has 0 bridgehead atoms. The van der Waals surface area contributed by atoms with Crippen LogP contribution in [0.2, 0.25) is 0 Å². The van der Waals surface area contributed by atoms with Crippen molar-refractivity contribution in [3.8, 4) is 11.3 Å². The normalized spacial score (nSPS) is 16.3. The Bertz CT molecular complexity index is 1140. The Labute approximate surface area is 168 Å². The van der Waals surface area contributed by atoms with Gasteiger partial charge < -0.3 is 10.2 Å². The molecule has 3 aromatic heterocycles. The fourth-order valence-corrected chi connectivity index (χ4v) is 3.74. The summed E-state index contributed by atoms with van der Waals surface area (Å²) in [6.07, 6.45) is 7.75. The predicted octanol–water partition coefficient (Wildman–Crippen LogP) is 2.80. The number of fused-ring (bicyclic) bond motifs is 1. The lowest BCUT2D eigenvalue weighted by molar-refractivity contribution is 0.0940. The average Bonchev–Trinajstić information content (AvgIpc) is 3.42. The molecule has 29 heavy (non-hydrogen) atoms. The van der Waals surface area contributed by atoms with Crippen LogP contribution in [-0.4, -0.2) is 44.6 Å². The van der Waals surface area contributed by atoms with Crippen molar-refractivity contribution in [2.24, 2.45) is 0 Å². The van der Waals surface area contributed by atoms with Crippen LogP contribution in [0.25, 0.3) is 16.8 Å². The van der Waals surface area contributed by atoms with Gasteiger partial charge in [-0.05, 0) is 24.6 Å². The van der Waals surface area contributed by atoms with Gasteiger partial charge in [0.2, 0.25) is 0 Å². The van der Waals surface area contributed by atoms with Gasteiger partial charge >= 0.3 is 0 Å². The van der Waals surface area contributed by atoms with Crippen molar-refractivity contribution in [3.05, 3.63) is 78.9 Å². The van der Waals surface area contributed by atoms with Gasteiger partial charge in [0.1, 0.15) is 5.52 Å². The third-order valence-electron chi connectivity index (χ3n) is 5.19. The molecule has 1 aromatic carbocycles. The van der Waals surface area contributed by atoms with Crippen molar-refractivity contribution in [3.63, 3.8) is 0 Å². The Kier molecular flexibility index (Phi) is 4.40. The van der Waals surface area contributed by atoms with Crippen LogP contribution in [0, 0.1) is 0 Å². The summed E-state index contributed by atoms with van der Waals surface area (Å²) in [5.41, 5.74) is 3.53. The van der Waals surface area contributed by atoms with Gasteiger partial charge in [0.15, 0.2) is 5.82 Å². The van der Waals surface area contributed by atoms with E-state index < -0.39 is 0 Å². The van der Waals surface area contributed by atoms with E-state index in [1.165, 1.54) is 0 Å². The minimum atomic E-state index is -0.0909. The highest BCUT2D eigenvalue weighted by Crippen LogP contribution is 2.27. The first-order valence-electron chi connectivity index (χ1n) is 9.63. The van der Waals surface area contributed by atoms with E-state index in [0.29, 0.717) is 12.1 Å². The molecular weight excluding hydrogens is 364 g/mol. The van der Waals surface area contributed by atoms with Gasteiger partial charge in [-0.25, -0.2) is 9.50 Å². The second-order valence-corrected chi connectivity index (χ2v) is 7.12. The van der Waals surface area contributed by atoms with Crippen LogP contribution < -0.4 is 10.2 Å². The van der Waals surface area contributed by atoms with Gasteiger partial charge in [-0.3, -0.25) is 9.78 Å². The zero-order chi connectivity index (χ0) is 19.6. The number of anilines is 1. The second kappa shape index (κ2) is 7.35. The molecule has 1 fully saturated rings.